The van der Waals surface area contributed by atoms with E-state index in [1.54, 1.807) is 12.1 Å². The number of nitrogens with two attached hydrogens (primary N) is 1. The molecular formula is C15H11FN2O. The maximum atomic E-state index is 13.3. The fourth-order valence-corrected chi connectivity index (χ4v) is 2.02. The Kier molecular flexibility index (Phi) is 2.76. The number of hydrogen-bond donors (Lipinski definition) is 1. The minimum atomic E-state index is -0.322. The Morgan fingerprint density at radius 1 is 0.947 bits per heavy atom. The molecule has 0 saturated heterocycles. The van der Waals surface area contributed by atoms with E-state index in [4.69, 9.17) is 10.3 Å². The summed E-state index contributed by atoms with van der Waals surface area (Å²) in [5.74, 6) is -0.137. The third-order valence-corrected chi connectivity index (χ3v) is 2.88. The summed E-state index contributed by atoms with van der Waals surface area (Å²) in [6, 6.07) is 15.7. The molecule has 19 heavy (non-hydrogen) atoms. The van der Waals surface area contributed by atoms with Gasteiger partial charge in [-0.3, -0.25) is 0 Å². The van der Waals surface area contributed by atoms with E-state index in [0.717, 1.165) is 5.56 Å². The number of hydrogen-bond acceptors (Lipinski definition) is 3. The highest BCUT2D eigenvalue weighted by Gasteiger charge is 2.17. The molecule has 4 heteroatoms. The van der Waals surface area contributed by atoms with Crippen LogP contribution < -0.4 is 5.73 Å². The first-order valence-electron chi connectivity index (χ1n) is 5.82. The van der Waals surface area contributed by atoms with E-state index in [-0.39, 0.29) is 11.7 Å². The Bertz CT molecular complexity index is 707. The van der Waals surface area contributed by atoms with Gasteiger partial charge in [0.25, 0.3) is 0 Å². The number of nitrogen functional groups attached to an aromatic ring is 1. The number of halogens is 1. The number of anilines is 1. The van der Waals surface area contributed by atoms with E-state index in [9.17, 15) is 4.39 Å². The maximum Gasteiger partial charge on any atom is 0.230 e. The van der Waals surface area contributed by atoms with Gasteiger partial charge in [-0.15, -0.1) is 0 Å². The van der Waals surface area contributed by atoms with Gasteiger partial charge in [-0.25, -0.2) is 4.39 Å². The zero-order valence-electron chi connectivity index (χ0n) is 10.0. The Labute approximate surface area is 109 Å². The van der Waals surface area contributed by atoms with Crippen molar-refractivity contribution in [3.05, 3.63) is 60.4 Å². The van der Waals surface area contributed by atoms with Gasteiger partial charge < -0.3 is 10.3 Å². The van der Waals surface area contributed by atoms with Crippen molar-refractivity contribution in [1.29, 1.82) is 0 Å². The SMILES string of the molecule is Nc1onc(-c2ccccc2)c1-c1cccc(F)c1. The van der Waals surface area contributed by atoms with Gasteiger partial charge in [0, 0.05) is 5.56 Å². The summed E-state index contributed by atoms with van der Waals surface area (Å²) in [6.45, 7) is 0. The number of benzene rings is 2. The van der Waals surface area contributed by atoms with Gasteiger partial charge in [0.15, 0.2) is 0 Å². The van der Waals surface area contributed by atoms with Gasteiger partial charge in [0.05, 0.1) is 5.56 Å². The molecule has 94 valence electrons. The maximum absolute atomic E-state index is 13.3. The smallest absolute Gasteiger partial charge is 0.230 e. The first-order chi connectivity index (χ1) is 9.25. The molecule has 0 atom stereocenters. The Morgan fingerprint density at radius 3 is 2.42 bits per heavy atom. The van der Waals surface area contributed by atoms with Crippen LogP contribution in [0, 0.1) is 5.82 Å². The second-order valence-corrected chi connectivity index (χ2v) is 4.15. The van der Waals surface area contributed by atoms with Crippen LogP contribution in [-0.2, 0) is 0 Å². The number of aromatic nitrogens is 1. The summed E-state index contributed by atoms with van der Waals surface area (Å²) in [5, 5.41) is 3.97. The molecule has 0 aliphatic rings. The van der Waals surface area contributed by atoms with Gasteiger partial charge in [-0.1, -0.05) is 47.6 Å². The van der Waals surface area contributed by atoms with Gasteiger partial charge in [-0.05, 0) is 17.7 Å². The average Bonchev–Trinajstić information content (AvgIpc) is 2.82. The monoisotopic (exact) mass is 254 g/mol. The molecular weight excluding hydrogens is 243 g/mol. The topological polar surface area (TPSA) is 52.0 Å². The largest absolute Gasteiger partial charge is 0.367 e. The molecule has 3 aromatic rings. The van der Waals surface area contributed by atoms with E-state index < -0.39 is 0 Å². The van der Waals surface area contributed by atoms with Crippen molar-refractivity contribution in [2.45, 2.75) is 0 Å². The summed E-state index contributed by atoms with van der Waals surface area (Å²) < 4.78 is 18.4. The highest BCUT2D eigenvalue weighted by atomic mass is 19.1. The predicted molar refractivity (Wildman–Crippen MR) is 71.7 cm³/mol. The number of nitrogens with zero attached hydrogens (tertiary/aromatic N) is 1. The van der Waals surface area contributed by atoms with E-state index in [1.165, 1.54) is 12.1 Å². The average molecular weight is 254 g/mol. The van der Waals surface area contributed by atoms with Crippen LogP contribution in [-0.4, -0.2) is 5.16 Å². The Hall–Kier alpha value is -2.62. The highest BCUT2D eigenvalue weighted by Crippen LogP contribution is 2.36. The fourth-order valence-electron chi connectivity index (χ4n) is 2.02. The van der Waals surface area contributed by atoms with Gasteiger partial charge in [-0.2, -0.15) is 0 Å². The zero-order chi connectivity index (χ0) is 13.2. The molecule has 0 aliphatic carbocycles. The van der Waals surface area contributed by atoms with E-state index in [0.29, 0.717) is 16.8 Å². The van der Waals surface area contributed by atoms with Crippen LogP contribution in [0.2, 0.25) is 0 Å². The fraction of sp³-hybridized carbons (Fsp3) is 0. The van der Waals surface area contributed by atoms with E-state index >= 15 is 0 Å². The zero-order valence-corrected chi connectivity index (χ0v) is 10.0. The van der Waals surface area contributed by atoms with Crippen molar-refractivity contribution < 1.29 is 8.91 Å². The summed E-state index contributed by atoms with van der Waals surface area (Å²) in [7, 11) is 0. The first-order valence-corrected chi connectivity index (χ1v) is 5.82. The molecule has 0 radical (unpaired) electrons. The summed E-state index contributed by atoms with van der Waals surface area (Å²) >= 11 is 0. The van der Waals surface area contributed by atoms with Crippen LogP contribution in [0.1, 0.15) is 0 Å². The van der Waals surface area contributed by atoms with Crippen LogP contribution in [0.3, 0.4) is 0 Å². The van der Waals surface area contributed by atoms with Gasteiger partial charge in [0.2, 0.25) is 5.88 Å². The third-order valence-electron chi connectivity index (χ3n) is 2.88. The lowest BCUT2D eigenvalue weighted by Gasteiger charge is -2.02. The van der Waals surface area contributed by atoms with Crippen LogP contribution in [0.4, 0.5) is 10.3 Å². The molecule has 1 aromatic heterocycles. The third kappa shape index (κ3) is 2.08. The standard InChI is InChI=1S/C15H11FN2O/c16-12-8-4-7-11(9-12)13-14(18-19-15(13)17)10-5-2-1-3-6-10/h1-9H,17H2. The molecule has 3 rings (SSSR count). The van der Waals surface area contributed by atoms with Crippen molar-refractivity contribution >= 4 is 5.88 Å². The molecule has 0 fully saturated rings. The van der Waals surface area contributed by atoms with Crippen molar-refractivity contribution in [2.24, 2.45) is 0 Å². The van der Waals surface area contributed by atoms with Crippen molar-refractivity contribution in [1.82, 2.24) is 5.16 Å². The molecule has 0 spiro atoms. The lowest BCUT2D eigenvalue weighted by Crippen LogP contribution is -1.88. The van der Waals surface area contributed by atoms with Crippen LogP contribution >= 0.6 is 0 Å². The van der Waals surface area contributed by atoms with E-state index in [1.807, 2.05) is 30.3 Å². The van der Waals surface area contributed by atoms with E-state index in [2.05, 4.69) is 5.16 Å². The molecule has 3 nitrogen and oxygen atoms in total. The van der Waals surface area contributed by atoms with Crippen molar-refractivity contribution in [3.63, 3.8) is 0 Å². The lowest BCUT2D eigenvalue weighted by molar-refractivity contribution is 0.439. The van der Waals surface area contributed by atoms with Gasteiger partial charge >= 0.3 is 0 Å². The molecule has 0 aliphatic heterocycles. The summed E-state index contributed by atoms with van der Waals surface area (Å²) in [5.41, 5.74) is 8.57. The second-order valence-electron chi connectivity index (χ2n) is 4.15. The van der Waals surface area contributed by atoms with Crippen LogP contribution in [0.25, 0.3) is 22.4 Å². The second kappa shape index (κ2) is 4.57. The summed E-state index contributed by atoms with van der Waals surface area (Å²) in [4.78, 5) is 0. The normalized spacial score (nSPS) is 10.6. The van der Waals surface area contributed by atoms with Crippen molar-refractivity contribution in [3.8, 4) is 22.4 Å². The van der Waals surface area contributed by atoms with Crippen molar-refractivity contribution in [2.75, 3.05) is 5.73 Å². The number of rotatable bonds is 2. The molecule has 0 saturated carbocycles. The molecule has 0 unspecified atom stereocenters. The first kappa shape index (κ1) is 11.5. The quantitative estimate of drug-likeness (QED) is 0.758. The lowest BCUT2D eigenvalue weighted by atomic mass is 10.0. The predicted octanol–water partition coefficient (Wildman–Crippen LogP) is 3.73. The minimum absolute atomic E-state index is 0.185. The minimum Gasteiger partial charge on any atom is -0.367 e. The highest BCUT2D eigenvalue weighted by molar-refractivity contribution is 5.86. The molecule has 0 amide bonds. The molecule has 2 N–H and O–H groups in total. The Morgan fingerprint density at radius 2 is 1.68 bits per heavy atom. The Balaban J connectivity index is 2.20. The molecule has 2 aromatic carbocycles. The summed E-state index contributed by atoms with van der Waals surface area (Å²) in [6.07, 6.45) is 0. The molecule has 1 heterocycles. The van der Waals surface area contributed by atoms with Crippen LogP contribution in [0.15, 0.2) is 59.1 Å². The van der Waals surface area contributed by atoms with Crippen LogP contribution in [0.5, 0.6) is 0 Å². The molecule has 0 bridgehead atoms. The van der Waals surface area contributed by atoms with Gasteiger partial charge in [0.1, 0.15) is 11.5 Å².